The van der Waals surface area contributed by atoms with Gasteiger partial charge in [0.1, 0.15) is 5.82 Å². The zero-order valence-corrected chi connectivity index (χ0v) is 13.3. The van der Waals surface area contributed by atoms with Crippen LogP contribution in [0.1, 0.15) is 27.7 Å². The zero-order valence-electron chi connectivity index (χ0n) is 11.7. The number of nitrogens with zero attached hydrogens (tertiary/aromatic N) is 1. The van der Waals surface area contributed by atoms with Gasteiger partial charge in [-0.15, -0.1) is 0 Å². The summed E-state index contributed by atoms with van der Waals surface area (Å²) in [6.45, 7) is 8.41. The van der Waals surface area contributed by atoms with Crippen LogP contribution in [0.3, 0.4) is 0 Å². The van der Waals surface area contributed by atoms with Crippen LogP contribution in [0.5, 0.6) is 0 Å². The van der Waals surface area contributed by atoms with Crippen LogP contribution < -0.4 is 5.32 Å². The van der Waals surface area contributed by atoms with E-state index in [2.05, 4.69) is 60.0 Å². The summed E-state index contributed by atoms with van der Waals surface area (Å²) in [5, 5.41) is 2.89. The minimum atomic E-state index is 0.0350. The molecule has 0 radical (unpaired) electrons. The third-order valence-electron chi connectivity index (χ3n) is 3.68. The van der Waals surface area contributed by atoms with E-state index in [1.54, 1.807) is 12.3 Å². The molecule has 2 atom stereocenters. The molecule has 2 rings (SSSR count). The molecule has 3 nitrogen and oxygen atoms in total. The fourth-order valence-electron chi connectivity index (χ4n) is 2.50. The number of halogens is 1. The topological polar surface area (TPSA) is 42.0 Å². The van der Waals surface area contributed by atoms with Gasteiger partial charge in [0.2, 0.25) is 5.91 Å². The van der Waals surface area contributed by atoms with Gasteiger partial charge in [-0.05, 0) is 53.2 Å². The lowest BCUT2D eigenvalue weighted by molar-refractivity contribution is -0.118. The number of carbonyl (C=O) groups is 1. The summed E-state index contributed by atoms with van der Waals surface area (Å²) in [7, 11) is 0. The minimum Gasteiger partial charge on any atom is -0.310 e. The largest absolute Gasteiger partial charge is 0.310 e. The van der Waals surface area contributed by atoms with Crippen molar-refractivity contribution in [3.63, 3.8) is 0 Å². The van der Waals surface area contributed by atoms with E-state index < -0.39 is 0 Å². The van der Waals surface area contributed by atoms with Crippen molar-refractivity contribution in [3.8, 4) is 0 Å². The van der Waals surface area contributed by atoms with Gasteiger partial charge in [-0.1, -0.05) is 25.5 Å². The number of nitrogens with one attached hydrogen (secondary N) is 1. The van der Waals surface area contributed by atoms with Gasteiger partial charge in [-0.2, -0.15) is 0 Å². The van der Waals surface area contributed by atoms with Crippen molar-refractivity contribution >= 4 is 27.7 Å². The van der Waals surface area contributed by atoms with Crippen molar-refractivity contribution in [2.75, 3.05) is 5.32 Å². The first-order valence-electron chi connectivity index (χ1n) is 6.40. The van der Waals surface area contributed by atoms with Crippen LogP contribution in [0, 0.1) is 17.3 Å². The summed E-state index contributed by atoms with van der Waals surface area (Å²) in [4.78, 5) is 16.4. The second-order valence-corrected chi connectivity index (χ2v) is 6.84. The first-order chi connectivity index (χ1) is 8.82. The Hall–Kier alpha value is -1.16. The Morgan fingerprint density at radius 3 is 2.63 bits per heavy atom. The normalized spacial score (nSPS) is 23.6. The number of pyridine rings is 1. The SMILES string of the molecule is CC(C)=C[C@@H]1[C@H](C(=O)Nc2ccc(Br)cn2)C1(C)C. The summed E-state index contributed by atoms with van der Waals surface area (Å²) in [5.41, 5.74) is 1.30. The number of aromatic nitrogens is 1. The Balaban J connectivity index is 2.05. The molecule has 19 heavy (non-hydrogen) atoms. The lowest BCUT2D eigenvalue weighted by atomic mass is 10.1. The monoisotopic (exact) mass is 322 g/mol. The fourth-order valence-corrected chi connectivity index (χ4v) is 2.74. The molecule has 1 heterocycles. The molecule has 1 fully saturated rings. The zero-order chi connectivity index (χ0) is 14.2. The Bertz CT molecular complexity index is 515. The van der Waals surface area contributed by atoms with Gasteiger partial charge in [0, 0.05) is 10.7 Å². The molecule has 0 unspecified atom stereocenters. The molecule has 1 aliphatic rings. The number of amides is 1. The second kappa shape index (κ2) is 5.08. The van der Waals surface area contributed by atoms with Gasteiger partial charge in [-0.3, -0.25) is 4.79 Å². The Morgan fingerprint density at radius 2 is 2.11 bits per heavy atom. The van der Waals surface area contributed by atoms with E-state index in [9.17, 15) is 4.79 Å². The van der Waals surface area contributed by atoms with Crippen LogP contribution >= 0.6 is 15.9 Å². The number of rotatable bonds is 3. The molecular weight excluding hydrogens is 304 g/mol. The van der Waals surface area contributed by atoms with Gasteiger partial charge < -0.3 is 5.32 Å². The summed E-state index contributed by atoms with van der Waals surface area (Å²) in [5.74, 6) is 1.02. The predicted octanol–water partition coefficient (Wildman–Crippen LogP) is 4.02. The third-order valence-corrected chi connectivity index (χ3v) is 4.15. The molecular formula is C15H19BrN2O. The van der Waals surface area contributed by atoms with Crippen LogP contribution in [0.4, 0.5) is 5.82 Å². The van der Waals surface area contributed by atoms with E-state index in [0.717, 1.165) is 4.47 Å². The van der Waals surface area contributed by atoms with E-state index in [1.807, 2.05) is 6.07 Å². The predicted molar refractivity (Wildman–Crippen MR) is 80.8 cm³/mol. The molecule has 0 saturated heterocycles. The quantitative estimate of drug-likeness (QED) is 0.854. The van der Waals surface area contributed by atoms with E-state index in [1.165, 1.54) is 5.57 Å². The number of hydrogen-bond acceptors (Lipinski definition) is 2. The first-order valence-corrected chi connectivity index (χ1v) is 7.19. The van der Waals surface area contributed by atoms with E-state index >= 15 is 0 Å². The molecule has 1 N–H and O–H groups in total. The van der Waals surface area contributed by atoms with Crippen molar-refractivity contribution in [1.29, 1.82) is 0 Å². The molecule has 1 saturated carbocycles. The molecule has 1 aromatic rings. The molecule has 0 spiro atoms. The van der Waals surface area contributed by atoms with Gasteiger partial charge >= 0.3 is 0 Å². The average Bonchev–Trinajstić information content (AvgIpc) is 2.83. The molecule has 1 aliphatic carbocycles. The van der Waals surface area contributed by atoms with Crippen LogP contribution in [-0.4, -0.2) is 10.9 Å². The third kappa shape index (κ3) is 3.06. The maximum Gasteiger partial charge on any atom is 0.229 e. The average molecular weight is 323 g/mol. The molecule has 1 aromatic heterocycles. The maximum atomic E-state index is 12.3. The molecule has 102 valence electrons. The Kier molecular flexibility index (Phi) is 3.81. The Labute approximate surface area is 122 Å². The molecule has 0 bridgehead atoms. The summed E-state index contributed by atoms with van der Waals surface area (Å²) < 4.78 is 0.902. The van der Waals surface area contributed by atoms with Crippen LogP contribution in [-0.2, 0) is 4.79 Å². The molecule has 0 aliphatic heterocycles. The van der Waals surface area contributed by atoms with Gasteiger partial charge in [-0.25, -0.2) is 4.98 Å². The molecule has 0 aromatic carbocycles. The standard InChI is InChI=1S/C15H19BrN2O/c1-9(2)7-11-13(15(11,3)4)14(19)18-12-6-5-10(16)8-17-12/h5-8,11,13H,1-4H3,(H,17,18,19)/t11-,13-/m1/s1. The number of anilines is 1. The van der Waals surface area contributed by atoms with Gasteiger partial charge in [0.15, 0.2) is 0 Å². The van der Waals surface area contributed by atoms with Crippen molar-refractivity contribution in [2.24, 2.45) is 17.3 Å². The molecule has 1 amide bonds. The number of allylic oxidation sites excluding steroid dienone is 2. The fraction of sp³-hybridized carbons (Fsp3) is 0.467. The minimum absolute atomic E-state index is 0.0350. The molecule has 4 heteroatoms. The maximum absolute atomic E-state index is 12.3. The highest BCUT2D eigenvalue weighted by Gasteiger charge is 2.60. The van der Waals surface area contributed by atoms with E-state index in [0.29, 0.717) is 11.7 Å². The van der Waals surface area contributed by atoms with Crippen LogP contribution in [0.15, 0.2) is 34.5 Å². The van der Waals surface area contributed by atoms with Crippen molar-refractivity contribution in [1.82, 2.24) is 4.98 Å². The van der Waals surface area contributed by atoms with E-state index in [4.69, 9.17) is 0 Å². The highest BCUT2D eigenvalue weighted by Crippen LogP contribution is 2.59. The van der Waals surface area contributed by atoms with Crippen molar-refractivity contribution in [3.05, 3.63) is 34.5 Å². The number of carbonyl (C=O) groups excluding carboxylic acids is 1. The summed E-state index contributed by atoms with van der Waals surface area (Å²) >= 11 is 3.32. The second-order valence-electron chi connectivity index (χ2n) is 5.92. The first kappa shape index (κ1) is 14.3. The summed E-state index contributed by atoms with van der Waals surface area (Å²) in [6, 6.07) is 3.67. The Morgan fingerprint density at radius 1 is 1.42 bits per heavy atom. The van der Waals surface area contributed by atoms with Crippen molar-refractivity contribution < 1.29 is 4.79 Å². The van der Waals surface area contributed by atoms with Gasteiger partial charge in [0.25, 0.3) is 0 Å². The van der Waals surface area contributed by atoms with E-state index in [-0.39, 0.29) is 17.2 Å². The van der Waals surface area contributed by atoms with Crippen LogP contribution in [0.2, 0.25) is 0 Å². The van der Waals surface area contributed by atoms with Gasteiger partial charge in [0.05, 0.1) is 5.92 Å². The highest BCUT2D eigenvalue weighted by atomic mass is 79.9. The highest BCUT2D eigenvalue weighted by molar-refractivity contribution is 9.10. The van der Waals surface area contributed by atoms with Crippen molar-refractivity contribution in [2.45, 2.75) is 27.7 Å². The lowest BCUT2D eigenvalue weighted by Crippen LogP contribution is -2.17. The summed E-state index contributed by atoms with van der Waals surface area (Å²) in [6.07, 6.45) is 3.88. The lowest BCUT2D eigenvalue weighted by Gasteiger charge is -2.05. The number of hydrogen-bond donors (Lipinski definition) is 1. The smallest absolute Gasteiger partial charge is 0.229 e. The van der Waals surface area contributed by atoms with Crippen LogP contribution in [0.25, 0.3) is 0 Å².